The summed E-state index contributed by atoms with van der Waals surface area (Å²) in [6.45, 7) is 11.4. The molecule has 0 spiro atoms. The van der Waals surface area contributed by atoms with E-state index >= 15 is 0 Å². The lowest BCUT2D eigenvalue weighted by atomic mass is 9.79. The van der Waals surface area contributed by atoms with E-state index in [0.29, 0.717) is 5.92 Å². The Balaban J connectivity index is 1.93. The predicted octanol–water partition coefficient (Wildman–Crippen LogP) is 6.03. The topological polar surface area (TPSA) is 15.6 Å². The van der Waals surface area contributed by atoms with Crippen molar-refractivity contribution in [2.24, 2.45) is 4.99 Å². The Morgan fingerprint density at radius 1 is 1.20 bits per heavy atom. The van der Waals surface area contributed by atoms with Gasteiger partial charge in [0.2, 0.25) is 0 Å². The van der Waals surface area contributed by atoms with E-state index in [4.69, 9.17) is 4.99 Å². The second-order valence-corrected chi connectivity index (χ2v) is 8.02. The maximum Gasteiger partial charge on any atom is 0.0630 e. The van der Waals surface area contributed by atoms with Crippen LogP contribution in [-0.4, -0.2) is 18.8 Å². The highest BCUT2D eigenvalue weighted by Crippen LogP contribution is 2.43. The molecule has 25 heavy (non-hydrogen) atoms. The average Bonchev–Trinajstić information content (AvgIpc) is 2.58. The van der Waals surface area contributed by atoms with E-state index in [2.05, 4.69) is 83.0 Å². The van der Waals surface area contributed by atoms with Gasteiger partial charge in [-0.3, -0.25) is 4.99 Å². The first kappa shape index (κ1) is 17.7. The molecule has 0 saturated heterocycles. The Bertz CT molecular complexity index is 784. The molecule has 0 radical (unpaired) electrons. The standard InChI is InChI=1S/C23H30N2/c1-7-18-8-10-20(11-9-18)24-15-19-13-21-17(3)14-23(4,5)25(6)22(21)12-16(19)2/h8-13,15,17H,7,14H2,1-6H3. The average molecular weight is 335 g/mol. The van der Waals surface area contributed by atoms with Crippen LogP contribution in [-0.2, 0) is 6.42 Å². The number of aryl methyl sites for hydroxylation is 2. The summed E-state index contributed by atoms with van der Waals surface area (Å²) in [6, 6.07) is 13.2. The smallest absolute Gasteiger partial charge is 0.0630 e. The predicted molar refractivity (Wildman–Crippen MR) is 110 cm³/mol. The van der Waals surface area contributed by atoms with Gasteiger partial charge in [0.25, 0.3) is 0 Å². The molecule has 2 aromatic rings. The molecule has 0 aromatic heterocycles. The van der Waals surface area contributed by atoms with Crippen LogP contribution in [0.2, 0.25) is 0 Å². The minimum absolute atomic E-state index is 0.204. The van der Waals surface area contributed by atoms with Crippen LogP contribution in [0.15, 0.2) is 41.4 Å². The normalized spacial score (nSPS) is 19.3. The minimum atomic E-state index is 0.204. The number of nitrogens with zero attached hydrogens (tertiary/aromatic N) is 2. The van der Waals surface area contributed by atoms with Gasteiger partial charge in [-0.1, -0.05) is 26.0 Å². The first-order valence-corrected chi connectivity index (χ1v) is 9.33. The molecule has 0 aliphatic carbocycles. The first-order chi connectivity index (χ1) is 11.8. The summed E-state index contributed by atoms with van der Waals surface area (Å²) in [5, 5.41) is 0. The molecule has 0 saturated carbocycles. The summed E-state index contributed by atoms with van der Waals surface area (Å²) >= 11 is 0. The fraction of sp³-hybridized carbons (Fsp3) is 0.435. The van der Waals surface area contributed by atoms with Gasteiger partial charge in [0.05, 0.1) is 5.69 Å². The van der Waals surface area contributed by atoms with Crippen molar-refractivity contribution in [3.05, 3.63) is 58.7 Å². The van der Waals surface area contributed by atoms with Crippen LogP contribution in [0.3, 0.4) is 0 Å². The monoisotopic (exact) mass is 334 g/mol. The van der Waals surface area contributed by atoms with E-state index in [1.807, 2.05) is 6.21 Å². The SMILES string of the molecule is CCc1ccc(N=Cc2cc3c(cc2C)N(C)C(C)(C)CC3C)cc1. The van der Waals surface area contributed by atoms with Crippen LogP contribution in [0.5, 0.6) is 0 Å². The molecule has 2 nitrogen and oxygen atoms in total. The van der Waals surface area contributed by atoms with Gasteiger partial charge in [0.15, 0.2) is 0 Å². The fourth-order valence-corrected chi connectivity index (χ4v) is 3.84. The van der Waals surface area contributed by atoms with Crippen LogP contribution in [0.1, 0.15) is 62.3 Å². The van der Waals surface area contributed by atoms with Crippen molar-refractivity contribution in [3.8, 4) is 0 Å². The molecule has 1 unspecified atom stereocenters. The van der Waals surface area contributed by atoms with Gasteiger partial charge in [-0.15, -0.1) is 0 Å². The number of hydrogen-bond acceptors (Lipinski definition) is 2. The Morgan fingerprint density at radius 3 is 2.52 bits per heavy atom. The lowest BCUT2D eigenvalue weighted by molar-refractivity contribution is 0.395. The molecule has 1 aliphatic rings. The molecule has 0 amide bonds. The van der Waals surface area contributed by atoms with Gasteiger partial charge in [-0.05, 0) is 86.1 Å². The molecule has 0 fully saturated rings. The lowest BCUT2D eigenvalue weighted by Crippen LogP contribution is -2.45. The highest BCUT2D eigenvalue weighted by atomic mass is 15.2. The van der Waals surface area contributed by atoms with Crippen molar-refractivity contribution in [1.82, 2.24) is 0 Å². The molecule has 2 heteroatoms. The van der Waals surface area contributed by atoms with Gasteiger partial charge in [-0.2, -0.15) is 0 Å². The van der Waals surface area contributed by atoms with E-state index in [1.165, 1.54) is 34.4 Å². The Hall–Kier alpha value is -2.09. The quantitative estimate of drug-likeness (QED) is 0.626. The zero-order chi connectivity index (χ0) is 18.2. The number of aliphatic imine (C=N–C) groups is 1. The summed E-state index contributed by atoms with van der Waals surface area (Å²) in [5.41, 5.74) is 7.88. The second kappa shape index (κ2) is 6.67. The van der Waals surface area contributed by atoms with E-state index in [0.717, 1.165) is 12.1 Å². The van der Waals surface area contributed by atoms with Crippen LogP contribution in [0.25, 0.3) is 0 Å². The molecule has 132 valence electrons. The number of hydrogen-bond donors (Lipinski definition) is 0. The second-order valence-electron chi connectivity index (χ2n) is 8.02. The van der Waals surface area contributed by atoms with Gasteiger partial charge in [-0.25, -0.2) is 0 Å². The summed E-state index contributed by atoms with van der Waals surface area (Å²) in [5.74, 6) is 0.567. The third kappa shape index (κ3) is 3.49. The molecular weight excluding hydrogens is 304 g/mol. The van der Waals surface area contributed by atoms with Crippen LogP contribution >= 0.6 is 0 Å². The molecule has 2 aromatic carbocycles. The van der Waals surface area contributed by atoms with Gasteiger partial charge in [0.1, 0.15) is 0 Å². The van der Waals surface area contributed by atoms with Crippen LogP contribution in [0.4, 0.5) is 11.4 Å². The first-order valence-electron chi connectivity index (χ1n) is 9.33. The zero-order valence-corrected chi connectivity index (χ0v) is 16.4. The number of rotatable bonds is 3. The van der Waals surface area contributed by atoms with Gasteiger partial charge < -0.3 is 4.90 Å². The molecule has 0 N–H and O–H groups in total. The molecule has 1 heterocycles. The van der Waals surface area contributed by atoms with Crippen molar-refractivity contribution in [3.63, 3.8) is 0 Å². The molecule has 1 aliphatic heterocycles. The summed E-state index contributed by atoms with van der Waals surface area (Å²) in [7, 11) is 2.22. The number of benzene rings is 2. The largest absolute Gasteiger partial charge is 0.369 e. The Kier molecular flexibility index (Phi) is 4.73. The van der Waals surface area contributed by atoms with Crippen molar-refractivity contribution in [1.29, 1.82) is 0 Å². The Labute approximate surface area is 152 Å². The third-order valence-electron chi connectivity index (χ3n) is 5.72. The molecular formula is C23H30N2. The minimum Gasteiger partial charge on any atom is -0.369 e. The van der Waals surface area contributed by atoms with Crippen molar-refractivity contribution >= 4 is 17.6 Å². The Morgan fingerprint density at radius 2 is 1.88 bits per heavy atom. The highest BCUT2D eigenvalue weighted by Gasteiger charge is 2.34. The highest BCUT2D eigenvalue weighted by molar-refractivity contribution is 5.86. The summed E-state index contributed by atoms with van der Waals surface area (Å²) in [4.78, 5) is 7.13. The number of anilines is 1. The van der Waals surface area contributed by atoms with Gasteiger partial charge >= 0.3 is 0 Å². The van der Waals surface area contributed by atoms with E-state index in [1.54, 1.807) is 0 Å². The molecule has 3 rings (SSSR count). The summed E-state index contributed by atoms with van der Waals surface area (Å²) < 4.78 is 0. The van der Waals surface area contributed by atoms with E-state index in [-0.39, 0.29) is 5.54 Å². The van der Waals surface area contributed by atoms with Crippen LogP contribution in [0, 0.1) is 6.92 Å². The van der Waals surface area contributed by atoms with Gasteiger partial charge in [0, 0.05) is 24.5 Å². The van der Waals surface area contributed by atoms with Crippen molar-refractivity contribution in [2.75, 3.05) is 11.9 Å². The number of fused-ring (bicyclic) bond motifs is 1. The maximum atomic E-state index is 4.70. The van der Waals surface area contributed by atoms with E-state index < -0.39 is 0 Å². The third-order valence-corrected chi connectivity index (χ3v) is 5.72. The lowest BCUT2D eigenvalue weighted by Gasteiger charge is -2.45. The maximum absolute atomic E-state index is 4.70. The molecule has 1 atom stereocenters. The van der Waals surface area contributed by atoms with E-state index in [9.17, 15) is 0 Å². The van der Waals surface area contributed by atoms with Crippen molar-refractivity contribution < 1.29 is 0 Å². The summed E-state index contributed by atoms with van der Waals surface area (Å²) in [6.07, 6.45) is 4.26. The fourth-order valence-electron chi connectivity index (χ4n) is 3.84. The van der Waals surface area contributed by atoms with Crippen LogP contribution < -0.4 is 4.90 Å². The molecule has 0 bridgehead atoms. The van der Waals surface area contributed by atoms with Crippen molar-refractivity contribution in [2.45, 2.75) is 58.9 Å². The zero-order valence-electron chi connectivity index (χ0n) is 16.4.